The van der Waals surface area contributed by atoms with Crippen molar-refractivity contribution in [1.29, 1.82) is 0 Å². The molecule has 1 saturated heterocycles. The van der Waals surface area contributed by atoms with Crippen LogP contribution in [-0.4, -0.2) is 76.8 Å². The van der Waals surface area contributed by atoms with Gasteiger partial charge >= 0.3 is 12.4 Å². The Bertz CT molecular complexity index is 1250. The van der Waals surface area contributed by atoms with E-state index >= 15 is 0 Å². The number of allylic oxidation sites excluding steroid dienone is 1. The zero-order chi connectivity index (χ0) is 28.2. The van der Waals surface area contributed by atoms with E-state index in [9.17, 15) is 35.9 Å². The first kappa shape index (κ1) is 28.3. The molecule has 0 spiro atoms. The molecule has 39 heavy (non-hydrogen) atoms. The fourth-order valence-corrected chi connectivity index (χ4v) is 4.25. The molecule has 2 N–H and O–H groups in total. The maximum Gasteiger partial charge on any atom is 0.423 e. The van der Waals surface area contributed by atoms with Gasteiger partial charge in [0.1, 0.15) is 12.2 Å². The van der Waals surface area contributed by atoms with E-state index in [2.05, 4.69) is 20.4 Å². The third kappa shape index (κ3) is 6.85. The third-order valence-corrected chi connectivity index (χ3v) is 6.34. The lowest BCUT2D eigenvalue weighted by molar-refractivity contribution is -0.139. The molecule has 16 heteroatoms. The second-order valence-electron chi connectivity index (χ2n) is 8.94. The lowest BCUT2D eigenvalue weighted by Crippen LogP contribution is -2.48. The summed E-state index contributed by atoms with van der Waals surface area (Å²) in [5.74, 6) is -0.0929. The summed E-state index contributed by atoms with van der Waals surface area (Å²) in [5, 5.41) is 7.58. The Hall–Kier alpha value is -3.69. The van der Waals surface area contributed by atoms with Crippen molar-refractivity contribution in [2.24, 2.45) is 0 Å². The minimum absolute atomic E-state index is 0.0980. The largest absolute Gasteiger partial charge is 0.423 e. The highest BCUT2D eigenvalue weighted by atomic mass is 19.4. The summed E-state index contributed by atoms with van der Waals surface area (Å²) in [6.45, 7) is 1.15. The second-order valence-corrected chi connectivity index (χ2v) is 8.94. The number of nitrogens with zero attached hydrogens (tertiary/aromatic N) is 5. The van der Waals surface area contributed by atoms with Crippen LogP contribution in [-0.2, 0) is 21.9 Å². The van der Waals surface area contributed by atoms with Gasteiger partial charge in [-0.1, -0.05) is 0 Å². The van der Waals surface area contributed by atoms with E-state index in [1.807, 2.05) is 4.90 Å². The number of hydrogen-bond donors (Lipinski definition) is 2. The summed E-state index contributed by atoms with van der Waals surface area (Å²) in [7, 11) is 0. The maximum atomic E-state index is 13.1. The van der Waals surface area contributed by atoms with Gasteiger partial charge in [0.15, 0.2) is 0 Å². The molecule has 0 radical (unpaired) electrons. The number of anilines is 2. The molecule has 0 amide bonds. The highest BCUT2D eigenvalue weighted by Gasteiger charge is 2.37. The molecule has 10 nitrogen and oxygen atoms in total. The molecule has 1 saturated carbocycles. The number of carbonyl (C=O) groups excluding carboxylic acids is 1. The fourth-order valence-electron chi connectivity index (χ4n) is 4.25. The fraction of sp³-hybridized carbons (Fsp3) is 0.522. The van der Waals surface area contributed by atoms with Crippen LogP contribution in [0.3, 0.4) is 0 Å². The molecule has 4 rings (SSSR count). The van der Waals surface area contributed by atoms with E-state index in [1.165, 1.54) is 0 Å². The Kier molecular flexibility index (Phi) is 8.42. The average molecular weight is 561 g/mol. The highest BCUT2D eigenvalue weighted by molar-refractivity contribution is 5.96. The lowest BCUT2D eigenvalue weighted by atomic mass is 9.88. The molecule has 212 valence electrons. The van der Waals surface area contributed by atoms with Crippen LogP contribution in [0.2, 0.25) is 0 Å². The number of halogens is 6. The lowest BCUT2D eigenvalue weighted by Gasteiger charge is -2.39. The van der Waals surface area contributed by atoms with Crippen LogP contribution < -0.4 is 15.8 Å². The maximum absolute atomic E-state index is 13.1. The van der Waals surface area contributed by atoms with Gasteiger partial charge in [-0.05, 0) is 24.8 Å². The molecular formula is C23H25F6N7O3. The average Bonchev–Trinajstić information content (AvgIpc) is 2.84. The zero-order valence-electron chi connectivity index (χ0n) is 20.5. The van der Waals surface area contributed by atoms with Gasteiger partial charge < -0.3 is 19.9 Å². The molecular weight excluding hydrogens is 536 g/mol. The van der Waals surface area contributed by atoms with E-state index in [4.69, 9.17) is 4.74 Å². The van der Waals surface area contributed by atoms with Crippen LogP contribution in [0.25, 0.3) is 0 Å². The first-order valence-electron chi connectivity index (χ1n) is 12.1. The second kappa shape index (κ2) is 11.6. The van der Waals surface area contributed by atoms with Crippen molar-refractivity contribution < 1.29 is 35.9 Å². The monoisotopic (exact) mass is 561 g/mol. The van der Waals surface area contributed by atoms with Crippen LogP contribution in [0.5, 0.6) is 0 Å². The van der Waals surface area contributed by atoms with Crippen LogP contribution in [0, 0.1) is 0 Å². The van der Waals surface area contributed by atoms with Crippen molar-refractivity contribution in [3.05, 3.63) is 51.3 Å². The molecule has 2 aliphatic rings. The van der Waals surface area contributed by atoms with E-state index < -0.39 is 34.7 Å². The molecule has 2 fully saturated rings. The van der Waals surface area contributed by atoms with Crippen LogP contribution in [0.15, 0.2) is 34.7 Å². The number of ether oxygens (including phenoxy) is 1. The standard InChI is InChI=1S/C23H25F6N7O3/c24-22(25,26)15-10-31-21(32-11-15)36-7-5-35(6-8-36)19(14-2-1-3-14)17(37)13-39-9-4-30-16-12-33-34-20(38)18(16)23(27,28)29/h10-12H,1-9,13H2,(H2,30,34,38). The van der Waals surface area contributed by atoms with Gasteiger partial charge in [0, 0.05) is 45.1 Å². The number of H-pyrrole nitrogens is 1. The molecule has 2 aromatic rings. The Labute approximate surface area is 218 Å². The Morgan fingerprint density at radius 1 is 1.00 bits per heavy atom. The molecule has 2 aromatic heterocycles. The number of piperazine rings is 1. The zero-order valence-corrected chi connectivity index (χ0v) is 20.5. The number of alkyl halides is 6. The summed E-state index contributed by atoms with van der Waals surface area (Å²) in [4.78, 5) is 35.9. The predicted octanol–water partition coefficient (Wildman–Crippen LogP) is 2.86. The van der Waals surface area contributed by atoms with E-state index in [0.717, 1.165) is 43.4 Å². The first-order chi connectivity index (χ1) is 18.4. The SMILES string of the molecule is O=C(COCCNc1cn[nH]c(=O)c1C(F)(F)F)C(=C1CCC1)N1CCN(c2ncc(C(F)(F)F)cn2)CC1. The molecule has 1 aliphatic carbocycles. The number of hydrogen-bond acceptors (Lipinski definition) is 9. The van der Waals surface area contributed by atoms with Gasteiger partial charge in [-0.3, -0.25) is 9.59 Å². The molecule has 1 aliphatic heterocycles. The number of Topliss-reactive ketones (excluding diaryl/α,β-unsaturated/α-hetero) is 1. The molecule has 0 atom stereocenters. The minimum Gasteiger partial charge on any atom is -0.381 e. The summed E-state index contributed by atoms with van der Waals surface area (Å²) in [6.07, 6.45) is -4.59. The van der Waals surface area contributed by atoms with Crippen LogP contribution in [0.1, 0.15) is 30.4 Å². The van der Waals surface area contributed by atoms with Crippen LogP contribution in [0.4, 0.5) is 38.0 Å². The molecule has 0 unspecified atom stereocenters. The normalized spacial score (nSPS) is 16.2. The van der Waals surface area contributed by atoms with Gasteiger partial charge in [-0.2, -0.15) is 31.4 Å². The van der Waals surface area contributed by atoms with Crippen molar-refractivity contribution in [2.75, 3.05) is 56.2 Å². The Morgan fingerprint density at radius 3 is 2.23 bits per heavy atom. The molecule has 0 bridgehead atoms. The van der Waals surface area contributed by atoms with Gasteiger partial charge in [-0.15, -0.1) is 0 Å². The van der Waals surface area contributed by atoms with Gasteiger partial charge in [0.2, 0.25) is 11.7 Å². The van der Waals surface area contributed by atoms with E-state index in [-0.39, 0.29) is 31.5 Å². The van der Waals surface area contributed by atoms with E-state index in [0.29, 0.717) is 31.9 Å². The van der Waals surface area contributed by atoms with Crippen LogP contribution >= 0.6 is 0 Å². The Morgan fingerprint density at radius 2 is 1.67 bits per heavy atom. The predicted molar refractivity (Wildman–Crippen MR) is 126 cm³/mol. The number of carbonyl (C=O) groups is 1. The summed E-state index contributed by atoms with van der Waals surface area (Å²) in [5.41, 5.74) is -2.66. The van der Waals surface area contributed by atoms with Crippen molar-refractivity contribution >= 4 is 17.4 Å². The number of aromatic amines is 1. The first-order valence-corrected chi connectivity index (χ1v) is 12.1. The molecule has 0 aromatic carbocycles. The summed E-state index contributed by atoms with van der Waals surface area (Å²) in [6, 6.07) is 0. The summed E-state index contributed by atoms with van der Waals surface area (Å²) >= 11 is 0. The minimum atomic E-state index is -4.87. The smallest absolute Gasteiger partial charge is 0.381 e. The van der Waals surface area contributed by atoms with Gasteiger partial charge in [0.05, 0.1) is 29.8 Å². The number of nitrogens with one attached hydrogen (secondary N) is 2. The van der Waals surface area contributed by atoms with Crippen molar-refractivity contribution in [2.45, 2.75) is 31.6 Å². The quantitative estimate of drug-likeness (QED) is 0.271. The number of aromatic nitrogens is 4. The number of rotatable bonds is 9. The van der Waals surface area contributed by atoms with Crippen molar-refractivity contribution in [1.82, 2.24) is 25.1 Å². The third-order valence-electron chi connectivity index (χ3n) is 6.34. The molecule has 3 heterocycles. The highest BCUT2D eigenvalue weighted by Crippen LogP contribution is 2.33. The van der Waals surface area contributed by atoms with Gasteiger partial charge in [-0.25, -0.2) is 15.1 Å². The Balaban J connectivity index is 1.29. The summed E-state index contributed by atoms with van der Waals surface area (Å²) < 4.78 is 83.1. The number of ketones is 1. The van der Waals surface area contributed by atoms with Gasteiger partial charge in [0.25, 0.3) is 5.56 Å². The van der Waals surface area contributed by atoms with Crippen molar-refractivity contribution in [3.63, 3.8) is 0 Å². The topological polar surface area (TPSA) is 116 Å². The van der Waals surface area contributed by atoms with E-state index in [1.54, 1.807) is 10.00 Å². The van der Waals surface area contributed by atoms with Crippen molar-refractivity contribution in [3.8, 4) is 0 Å².